The van der Waals surface area contributed by atoms with Crippen molar-refractivity contribution in [1.82, 2.24) is 9.97 Å². The maximum absolute atomic E-state index is 13.4. The van der Waals surface area contributed by atoms with Crippen molar-refractivity contribution in [2.45, 2.75) is 26.8 Å². The molecule has 176 valence electrons. The van der Waals surface area contributed by atoms with Gasteiger partial charge in [-0.05, 0) is 61.7 Å². The highest BCUT2D eigenvalue weighted by Crippen LogP contribution is 2.44. The highest BCUT2D eigenvalue weighted by Gasteiger charge is 2.48. The van der Waals surface area contributed by atoms with Crippen molar-refractivity contribution < 1.29 is 19.4 Å². The van der Waals surface area contributed by atoms with E-state index in [1.54, 1.807) is 48.8 Å². The van der Waals surface area contributed by atoms with E-state index in [9.17, 15) is 14.7 Å². The van der Waals surface area contributed by atoms with Crippen molar-refractivity contribution >= 4 is 44.1 Å². The molecule has 0 radical (unpaired) electrons. The topological polar surface area (TPSA) is 92.6 Å². The molecule has 0 bridgehead atoms. The van der Waals surface area contributed by atoms with Crippen LogP contribution in [0.3, 0.4) is 0 Å². The largest absolute Gasteiger partial charge is 0.507 e. The molecular formula is C27H23N3O4S. The van der Waals surface area contributed by atoms with Gasteiger partial charge in [0.1, 0.15) is 11.5 Å². The first kappa shape index (κ1) is 22.7. The summed E-state index contributed by atoms with van der Waals surface area (Å²) in [5, 5.41) is 11.7. The molecule has 0 saturated carbocycles. The first-order chi connectivity index (χ1) is 16.9. The zero-order chi connectivity index (χ0) is 24.7. The number of anilines is 1. The van der Waals surface area contributed by atoms with E-state index in [0.717, 1.165) is 21.3 Å². The molecule has 1 atom stereocenters. The summed E-state index contributed by atoms with van der Waals surface area (Å²) in [4.78, 5) is 37.0. The number of aliphatic hydroxyl groups is 1. The lowest BCUT2D eigenvalue weighted by atomic mass is 9.96. The second-order valence-electron chi connectivity index (χ2n) is 8.34. The number of aliphatic hydroxyl groups excluding tert-OH is 1. The summed E-state index contributed by atoms with van der Waals surface area (Å²) < 4.78 is 6.47. The molecule has 1 saturated heterocycles. The SMILES string of the molecule is CCOc1cccc(/C(O)=C2\C(=O)C(=O)N(c3nc4c(C)cc(C)cc4s3)C2c2cccnc2)c1. The third-order valence-corrected chi connectivity index (χ3v) is 6.89. The number of benzene rings is 2. The Morgan fingerprint density at radius 1 is 1.14 bits per heavy atom. The Balaban J connectivity index is 1.71. The number of ether oxygens (including phenoxy) is 1. The number of pyridine rings is 1. The number of ketones is 1. The minimum absolute atomic E-state index is 0.0104. The minimum Gasteiger partial charge on any atom is -0.507 e. The number of fused-ring (bicyclic) bond motifs is 1. The summed E-state index contributed by atoms with van der Waals surface area (Å²) in [5.74, 6) is -1.23. The van der Waals surface area contributed by atoms with Crippen molar-refractivity contribution in [2.75, 3.05) is 11.5 Å². The molecule has 2 aromatic carbocycles. The smallest absolute Gasteiger partial charge is 0.301 e. The van der Waals surface area contributed by atoms with E-state index in [1.807, 2.05) is 32.9 Å². The predicted octanol–water partition coefficient (Wildman–Crippen LogP) is 5.33. The molecular weight excluding hydrogens is 462 g/mol. The van der Waals surface area contributed by atoms with Crippen LogP contribution in [-0.4, -0.2) is 33.4 Å². The quantitative estimate of drug-likeness (QED) is 0.233. The third-order valence-electron chi connectivity index (χ3n) is 5.89. The number of aryl methyl sites for hydroxylation is 2. The predicted molar refractivity (Wildman–Crippen MR) is 136 cm³/mol. The van der Waals surface area contributed by atoms with Crippen LogP contribution in [0.4, 0.5) is 5.13 Å². The molecule has 0 aliphatic carbocycles. The van der Waals surface area contributed by atoms with Gasteiger partial charge in [-0.15, -0.1) is 0 Å². The molecule has 5 rings (SSSR count). The minimum atomic E-state index is -0.874. The van der Waals surface area contributed by atoms with E-state index in [-0.39, 0.29) is 11.3 Å². The van der Waals surface area contributed by atoms with Crippen LogP contribution in [0.5, 0.6) is 5.75 Å². The number of amides is 1. The number of carbonyl (C=O) groups excluding carboxylic acids is 2. The van der Waals surface area contributed by atoms with E-state index in [4.69, 9.17) is 9.72 Å². The summed E-state index contributed by atoms with van der Waals surface area (Å²) in [7, 11) is 0. The van der Waals surface area contributed by atoms with Gasteiger partial charge in [-0.2, -0.15) is 0 Å². The molecule has 0 spiro atoms. The number of hydrogen-bond acceptors (Lipinski definition) is 7. The molecule has 1 aliphatic heterocycles. The molecule has 1 N–H and O–H groups in total. The fourth-order valence-corrected chi connectivity index (χ4v) is 5.57. The van der Waals surface area contributed by atoms with Gasteiger partial charge in [0.2, 0.25) is 0 Å². The van der Waals surface area contributed by atoms with Crippen LogP contribution < -0.4 is 9.64 Å². The van der Waals surface area contributed by atoms with Gasteiger partial charge in [-0.1, -0.05) is 35.6 Å². The average molecular weight is 486 g/mol. The maximum Gasteiger partial charge on any atom is 0.301 e. The fourth-order valence-electron chi connectivity index (χ4n) is 4.40. The fraction of sp³-hybridized carbons (Fsp3) is 0.185. The van der Waals surface area contributed by atoms with Crippen molar-refractivity contribution in [3.8, 4) is 5.75 Å². The monoisotopic (exact) mass is 485 g/mol. The normalized spacial score (nSPS) is 17.3. The average Bonchev–Trinajstić information content (AvgIpc) is 3.38. The summed E-state index contributed by atoms with van der Waals surface area (Å²) >= 11 is 1.34. The van der Waals surface area contributed by atoms with Crippen molar-refractivity contribution in [3.05, 3.63) is 88.8 Å². The number of rotatable bonds is 5. The second kappa shape index (κ2) is 8.96. The van der Waals surface area contributed by atoms with Crippen molar-refractivity contribution in [3.63, 3.8) is 0 Å². The Labute approximate surface area is 206 Å². The zero-order valence-corrected chi connectivity index (χ0v) is 20.3. The molecule has 1 fully saturated rings. The Kier molecular flexibility index (Phi) is 5.82. The number of aromatic nitrogens is 2. The molecule has 4 aromatic rings. The highest BCUT2D eigenvalue weighted by molar-refractivity contribution is 7.22. The molecule has 1 aliphatic rings. The lowest BCUT2D eigenvalue weighted by Gasteiger charge is -2.22. The number of carbonyl (C=O) groups is 2. The van der Waals surface area contributed by atoms with Gasteiger partial charge < -0.3 is 9.84 Å². The lowest BCUT2D eigenvalue weighted by Crippen LogP contribution is -2.29. The van der Waals surface area contributed by atoms with Gasteiger partial charge in [0, 0.05) is 18.0 Å². The van der Waals surface area contributed by atoms with Gasteiger partial charge in [-0.3, -0.25) is 19.5 Å². The van der Waals surface area contributed by atoms with Crippen LogP contribution in [0.1, 0.15) is 35.2 Å². The maximum atomic E-state index is 13.4. The Morgan fingerprint density at radius 3 is 2.71 bits per heavy atom. The molecule has 3 heterocycles. The number of thiazole rings is 1. The van der Waals surface area contributed by atoms with Crippen molar-refractivity contribution in [1.29, 1.82) is 0 Å². The summed E-state index contributed by atoms with van der Waals surface area (Å²) in [6, 6.07) is 13.5. The van der Waals surface area contributed by atoms with E-state index in [1.165, 1.54) is 16.2 Å². The van der Waals surface area contributed by atoms with Gasteiger partial charge >= 0.3 is 5.91 Å². The molecule has 2 aromatic heterocycles. The highest BCUT2D eigenvalue weighted by atomic mass is 32.1. The van der Waals surface area contributed by atoms with E-state index >= 15 is 0 Å². The first-order valence-electron chi connectivity index (χ1n) is 11.2. The van der Waals surface area contributed by atoms with Crippen molar-refractivity contribution in [2.24, 2.45) is 0 Å². The molecule has 8 heteroatoms. The van der Waals surface area contributed by atoms with Crippen LogP contribution in [0.2, 0.25) is 0 Å². The third kappa shape index (κ3) is 3.95. The van der Waals surface area contributed by atoms with Gasteiger partial charge in [-0.25, -0.2) is 4.98 Å². The van der Waals surface area contributed by atoms with Crippen LogP contribution in [0.15, 0.2) is 66.5 Å². The van der Waals surface area contributed by atoms with Gasteiger partial charge in [0.25, 0.3) is 5.78 Å². The Hall–Kier alpha value is -4.04. The number of hydrogen-bond donors (Lipinski definition) is 1. The van der Waals surface area contributed by atoms with Crippen LogP contribution in [-0.2, 0) is 9.59 Å². The number of nitrogens with zero attached hydrogens (tertiary/aromatic N) is 3. The summed E-state index contributed by atoms with van der Waals surface area (Å²) in [6.45, 7) is 6.30. The standard InChI is InChI=1S/C27H23N3O4S/c1-4-34-19-9-5-7-17(13-19)24(31)21-23(18-8-6-10-28-14-18)30(26(33)25(21)32)27-29-22-16(3)11-15(2)12-20(22)35-27/h5-14,23,31H,4H2,1-3H3/b24-21+. The van der Waals surface area contributed by atoms with Crippen LogP contribution >= 0.6 is 11.3 Å². The zero-order valence-electron chi connectivity index (χ0n) is 19.5. The molecule has 1 unspecified atom stereocenters. The van der Waals surface area contributed by atoms with E-state index in [0.29, 0.717) is 28.6 Å². The van der Waals surface area contributed by atoms with E-state index < -0.39 is 17.7 Å². The molecule has 1 amide bonds. The molecule has 35 heavy (non-hydrogen) atoms. The second-order valence-corrected chi connectivity index (χ2v) is 9.35. The van der Waals surface area contributed by atoms with Crippen LogP contribution in [0, 0.1) is 13.8 Å². The molecule has 7 nitrogen and oxygen atoms in total. The summed E-state index contributed by atoms with van der Waals surface area (Å²) in [6.07, 6.45) is 3.21. The van der Waals surface area contributed by atoms with E-state index in [2.05, 4.69) is 4.98 Å². The number of Topliss-reactive ketones (excluding diaryl/α,β-unsaturated/α-hetero) is 1. The van der Waals surface area contributed by atoms with Gasteiger partial charge in [0.15, 0.2) is 5.13 Å². The first-order valence-corrected chi connectivity index (χ1v) is 12.0. The van der Waals surface area contributed by atoms with Crippen LogP contribution in [0.25, 0.3) is 16.0 Å². The lowest BCUT2D eigenvalue weighted by molar-refractivity contribution is -0.132. The van der Waals surface area contributed by atoms with Gasteiger partial charge in [0.05, 0.1) is 28.4 Å². The Bertz CT molecular complexity index is 1490. The summed E-state index contributed by atoms with van der Waals surface area (Å²) in [5.41, 5.74) is 3.84. The Morgan fingerprint density at radius 2 is 1.97 bits per heavy atom.